The van der Waals surface area contributed by atoms with Gasteiger partial charge in [-0.05, 0) is 50.8 Å². The van der Waals surface area contributed by atoms with E-state index in [-0.39, 0.29) is 5.70 Å². The zero-order valence-electron chi connectivity index (χ0n) is 17.5. The van der Waals surface area contributed by atoms with E-state index in [9.17, 15) is 10.1 Å². The van der Waals surface area contributed by atoms with Crippen LogP contribution < -0.4 is 0 Å². The first-order chi connectivity index (χ1) is 13.2. The molecule has 0 atom stereocenters. The number of nitro groups is 1. The molecule has 6 nitrogen and oxygen atoms in total. The van der Waals surface area contributed by atoms with Crippen LogP contribution in [0.1, 0.15) is 58.1 Å². The van der Waals surface area contributed by atoms with Crippen molar-refractivity contribution < 1.29 is 9.66 Å². The van der Waals surface area contributed by atoms with Gasteiger partial charge in [0, 0.05) is 23.5 Å². The largest absolute Gasteiger partial charge is 0.497 e. The van der Waals surface area contributed by atoms with E-state index < -0.39 is 4.92 Å². The number of halogens is 1. The van der Waals surface area contributed by atoms with Gasteiger partial charge in [0.25, 0.3) is 5.70 Å². The lowest BCUT2D eigenvalue weighted by molar-refractivity contribution is -0.419. The molecule has 0 aromatic carbocycles. The number of nitrogens with one attached hydrogen (secondary N) is 1. The molecule has 7 heteroatoms. The highest BCUT2D eigenvalue weighted by atomic mass is 35.5. The predicted molar refractivity (Wildman–Crippen MR) is 116 cm³/mol. The van der Waals surface area contributed by atoms with Gasteiger partial charge in [0.1, 0.15) is 10.9 Å². The van der Waals surface area contributed by atoms with Crippen molar-refractivity contribution in [3.05, 3.63) is 73.9 Å². The van der Waals surface area contributed by atoms with Crippen LogP contribution in [-0.2, 0) is 4.74 Å². The third kappa shape index (κ3) is 9.46. The summed E-state index contributed by atoms with van der Waals surface area (Å²) in [7, 11) is 1.53. The van der Waals surface area contributed by atoms with Gasteiger partial charge in [-0.1, -0.05) is 37.9 Å². The molecule has 0 aliphatic rings. The van der Waals surface area contributed by atoms with E-state index in [0.717, 1.165) is 36.0 Å². The lowest BCUT2D eigenvalue weighted by atomic mass is 10.1. The Morgan fingerprint density at radius 3 is 2.46 bits per heavy atom. The monoisotopic (exact) mass is 407 g/mol. The van der Waals surface area contributed by atoms with E-state index in [2.05, 4.69) is 11.9 Å². The minimum Gasteiger partial charge on any atom is -0.497 e. The van der Waals surface area contributed by atoms with Crippen molar-refractivity contribution in [3.63, 3.8) is 0 Å². The Kier molecular flexibility index (Phi) is 12.5. The van der Waals surface area contributed by atoms with Crippen LogP contribution >= 0.6 is 11.6 Å². The first kappa shape index (κ1) is 25.5. The maximum atomic E-state index is 10.8. The molecule has 0 saturated heterocycles. The van der Waals surface area contributed by atoms with Crippen LogP contribution in [0.3, 0.4) is 0 Å². The second-order valence-corrected chi connectivity index (χ2v) is 6.57. The highest BCUT2D eigenvalue weighted by molar-refractivity contribution is 6.29. The molecule has 0 aliphatic heterocycles. The van der Waals surface area contributed by atoms with Crippen molar-refractivity contribution in [3.8, 4) is 0 Å². The average Bonchev–Trinajstić information content (AvgIpc) is 2.62. The lowest BCUT2D eigenvalue weighted by Gasteiger charge is -2.05. The molecule has 0 spiro atoms. The molecule has 0 saturated carbocycles. The topological polar surface area (TPSA) is 89.1 Å². The first-order valence-electron chi connectivity index (χ1n) is 9.11. The van der Waals surface area contributed by atoms with Gasteiger partial charge < -0.3 is 10.1 Å². The van der Waals surface area contributed by atoms with Crippen molar-refractivity contribution in [2.75, 3.05) is 7.11 Å². The molecule has 1 aromatic rings. The van der Waals surface area contributed by atoms with Gasteiger partial charge in [-0.2, -0.15) is 0 Å². The van der Waals surface area contributed by atoms with Gasteiger partial charge in [-0.3, -0.25) is 10.1 Å². The normalized spacial score (nSPS) is 12.2. The van der Waals surface area contributed by atoms with E-state index >= 15 is 0 Å². The van der Waals surface area contributed by atoms with Crippen LogP contribution in [0.15, 0.2) is 47.5 Å². The Balaban J connectivity index is 0.000000567. The molecule has 0 bridgehead atoms. The van der Waals surface area contributed by atoms with Gasteiger partial charge in [0.2, 0.25) is 0 Å². The highest BCUT2D eigenvalue weighted by Gasteiger charge is 2.09. The molecule has 0 fully saturated rings. The summed E-state index contributed by atoms with van der Waals surface area (Å²) in [6.07, 6.45) is 9.02. The van der Waals surface area contributed by atoms with Gasteiger partial charge in [0.05, 0.1) is 18.1 Å². The molecule has 0 unspecified atom stereocenters. The summed E-state index contributed by atoms with van der Waals surface area (Å²) in [6, 6.07) is 1.76. The molecule has 0 radical (unpaired) electrons. The summed E-state index contributed by atoms with van der Waals surface area (Å²) in [5.74, 6) is 0.583. The van der Waals surface area contributed by atoms with Gasteiger partial charge in [0.15, 0.2) is 0 Å². The number of rotatable bonds is 8. The number of hydrogen-bond donors (Lipinski definition) is 1. The summed E-state index contributed by atoms with van der Waals surface area (Å²) in [5, 5.41) is 18.7. The number of allylic oxidation sites excluding steroid dienone is 4. The van der Waals surface area contributed by atoms with Crippen molar-refractivity contribution in [1.29, 1.82) is 5.41 Å². The second kappa shape index (κ2) is 13.7. The quantitative estimate of drug-likeness (QED) is 0.137. The maximum Gasteiger partial charge on any atom is 0.272 e. The zero-order chi connectivity index (χ0) is 21.7. The van der Waals surface area contributed by atoms with Crippen LogP contribution in [0, 0.1) is 22.4 Å². The van der Waals surface area contributed by atoms with Crippen LogP contribution in [0.4, 0.5) is 0 Å². The summed E-state index contributed by atoms with van der Waals surface area (Å²) in [4.78, 5) is 14.3. The van der Waals surface area contributed by atoms with Gasteiger partial charge in [-0.15, -0.1) is 0 Å². The number of hydrogen-bond acceptors (Lipinski definition) is 5. The number of aryl methyl sites for hydroxylation is 1. The number of ether oxygens (including phenoxy) is 1. The van der Waals surface area contributed by atoms with Crippen LogP contribution in [0.25, 0.3) is 0 Å². The third-order valence-corrected chi connectivity index (χ3v) is 3.97. The Hall–Kier alpha value is -2.47. The number of aromatic nitrogens is 1. The van der Waals surface area contributed by atoms with Crippen molar-refractivity contribution >= 4 is 17.3 Å². The van der Waals surface area contributed by atoms with Gasteiger partial charge in [-0.25, -0.2) is 4.98 Å². The zero-order valence-corrected chi connectivity index (χ0v) is 18.3. The van der Waals surface area contributed by atoms with Crippen molar-refractivity contribution in [1.82, 2.24) is 4.98 Å². The van der Waals surface area contributed by atoms with Crippen LogP contribution in [0.5, 0.6) is 0 Å². The number of methoxy groups -OCH3 is 1. The minimum atomic E-state index is -0.398. The summed E-state index contributed by atoms with van der Waals surface area (Å²) in [6.45, 7) is 9.58. The minimum absolute atomic E-state index is 0.0548. The maximum absolute atomic E-state index is 10.8. The van der Waals surface area contributed by atoms with E-state index in [4.69, 9.17) is 21.7 Å². The molecule has 1 rings (SSSR count). The van der Waals surface area contributed by atoms with Gasteiger partial charge >= 0.3 is 0 Å². The van der Waals surface area contributed by atoms with E-state index in [1.807, 2.05) is 20.8 Å². The molecule has 28 heavy (non-hydrogen) atoms. The predicted octanol–water partition coefficient (Wildman–Crippen LogP) is 6.26. The molecular formula is C21H30ClN3O3. The fraction of sp³-hybridized carbons (Fsp3) is 0.429. The van der Waals surface area contributed by atoms with Crippen molar-refractivity contribution in [2.45, 2.75) is 53.9 Å². The van der Waals surface area contributed by atoms with E-state index in [1.165, 1.54) is 19.3 Å². The molecule has 1 N–H and O–H groups in total. The molecular weight excluding hydrogens is 378 g/mol. The SMILES string of the molecule is CC(=N)c1cnc(Cl)cc1C.CC/C=C/C(=C\C(OC)=C(/C)CCC)[N+](=O)[O-]. The Bertz CT molecular complexity index is 768. The molecule has 0 aliphatic carbocycles. The highest BCUT2D eigenvalue weighted by Crippen LogP contribution is 2.15. The Morgan fingerprint density at radius 1 is 1.39 bits per heavy atom. The molecule has 0 amide bonds. The number of pyridine rings is 1. The fourth-order valence-corrected chi connectivity index (χ4v) is 2.52. The third-order valence-electron chi connectivity index (χ3n) is 3.76. The molecule has 1 aromatic heterocycles. The fourth-order valence-electron chi connectivity index (χ4n) is 2.30. The Morgan fingerprint density at radius 2 is 2.04 bits per heavy atom. The summed E-state index contributed by atoms with van der Waals surface area (Å²) < 4.78 is 5.19. The lowest BCUT2D eigenvalue weighted by Crippen LogP contribution is -1.98. The standard InChI is InChI=1S/C13H21NO3.C8H9ClN2/c1-5-7-9-12(14(15)16)10-13(17-4)11(3)8-6-2;1-5-3-8(9)11-4-7(5)6(2)10/h7,9-10H,5-6,8H2,1-4H3;3-4,10H,1-2H3/b9-7+,12-10+,13-11-;. The van der Waals surface area contributed by atoms with Crippen LogP contribution in [0.2, 0.25) is 5.15 Å². The van der Waals surface area contributed by atoms with Crippen LogP contribution in [-0.4, -0.2) is 22.7 Å². The van der Waals surface area contributed by atoms with Crippen molar-refractivity contribution in [2.24, 2.45) is 0 Å². The van der Waals surface area contributed by atoms with E-state index in [0.29, 0.717) is 16.6 Å². The smallest absolute Gasteiger partial charge is 0.272 e. The second-order valence-electron chi connectivity index (χ2n) is 6.18. The molecule has 154 valence electrons. The first-order valence-corrected chi connectivity index (χ1v) is 9.49. The number of nitrogens with zero attached hydrogens (tertiary/aromatic N) is 2. The average molecular weight is 408 g/mol. The summed E-state index contributed by atoms with van der Waals surface area (Å²) >= 11 is 5.64. The summed E-state index contributed by atoms with van der Waals surface area (Å²) in [5.41, 5.74) is 3.46. The van der Waals surface area contributed by atoms with E-state index in [1.54, 1.807) is 25.3 Å². The molecule has 1 heterocycles. The Labute approximate surface area is 172 Å².